The van der Waals surface area contributed by atoms with E-state index >= 15 is 0 Å². The molecule has 0 spiro atoms. The summed E-state index contributed by atoms with van der Waals surface area (Å²) >= 11 is 3.42. The summed E-state index contributed by atoms with van der Waals surface area (Å²) in [6.07, 6.45) is 2.04. The van der Waals surface area contributed by atoms with Crippen molar-refractivity contribution in [2.24, 2.45) is 0 Å². The zero-order valence-corrected chi connectivity index (χ0v) is 13.4. The minimum atomic E-state index is -0.796. The Labute approximate surface area is 130 Å². The number of carboxylic acid groups (broad SMARTS) is 1. The molecule has 0 radical (unpaired) electrons. The Kier molecular flexibility index (Phi) is 4.01. The van der Waals surface area contributed by atoms with Crippen LogP contribution in [0.5, 0.6) is 0 Å². The highest BCUT2D eigenvalue weighted by Gasteiger charge is 2.33. The number of hydrogen-bond acceptors (Lipinski definition) is 6. The normalized spacial score (nSPS) is 18.7. The van der Waals surface area contributed by atoms with Crippen molar-refractivity contribution < 1.29 is 9.90 Å². The average molecular weight is 324 g/mol. The highest BCUT2D eigenvalue weighted by atomic mass is 32.2. The first-order chi connectivity index (χ1) is 10.1. The number of aromatic nitrogens is 3. The molecule has 6 nitrogen and oxygen atoms in total. The first-order valence-electron chi connectivity index (χ1n) is 6.56. The van der Waals surface area contributed by atoms with Gasteiger partial charge in [0.05, 0.1) is 17.3 Å². The van der Waals surface area contributed by atoms with E-state index in [2.05, 4.69) is 22.3 Å². The van der Waals surface area contributed by atoms with Crippen molar-refractivity contribution in [1.82, 2.24) is 19.7 Å². The second-order valence-corrected chi connectivity index (χ2v) is 7.23. The lowest BCUT2D eigenvalue weighted by Crippen LogP contribution is -2.47. The fraction of sp³-hybridized carbons (Fsp3) is 0.462. The van der Waals surface area contributed by atoms with Gasteiger partial charge in [0, 0.05) is 11.4 Å². The number of nitrogens with zero attached hydrogens (tertiary/aromatic N) is 4. The summed E-state index contributed by atoms with van der Waals surface area (Å²) in [6, 6.07) is 3.61. The lowest BCUT2D eigenvalue weighted by molar-refractivity contribution is -0.145. The molecule has 112 valence electrons. The Morgan fingerprint density at radius 2 is 2.33 bits per heavy atom. The van der Waals surface area contributed by atoms with Gasteiger partial charge in [0.25, 0.3) is 0 Å². The molecule has 2 aromatic heterocycles. The van der Waals surface area contributed by atoms with Gasteiger partial charge in [-0.1, -0.05) is 0 Å². The van der Waals surface area contributed by atoms with E-state index in [1.54, 1.807) is 23.1 Å². The Hall–Kier alpha value is -1.38. The quantitative estimate of drug-likeness (QED) is 0.865. The molecular weight excluding hydrogens is 308 g/mol. The van der Waals surface area contributed by atoms with E-state index in [4.69, 9.17) is 0 Å². The molecule has 1 aliphatic rings. The number of carbonyl (C=O) groups is 1. The Morgan fingerprint density at radius 1 is 1.52 bits per heavy atom. The van der Waals surface area contributed by atoms with Crippen molar-refractivity contribution in [3.05, 3.63) is 28.7 Å². The summed E-state index contributed by atoms with van der Waals surface area (Å²) in [5.74, 6) is 0.818. The van der Waals surface area contributed by atoms with Crippen LogP contribution in [0.15, 0.2) is 16.3 Å². The van der Waals surface area contributed by atoms with Gasteiger partial charge in [-0.3, -0.25) is 9.69 Å². The molecule has 8 heteroatoms. The zero-order chi connectivity index (χ0) is 15.0. The molecule has 1 atom stereocenters. The number of fused-ring (bicyclic) bond motifs is 1. The van der Waals surface area contributed by atoms with Gasteiger partial charge in [-0.05, 0) is 25.3 Å². The second-order valence-electron chi connectivity index (χ2n) is 4.96. The van der Waals surface area contributed by atoms with Crippen molar-refractivity contribution in [2.75, 3.05) is 6.26 Å². The molecular formula is C13H16N4O2S2. The zero-order valence-electron chi connectivity index (χ0n) is 11.8. The standard InChI is InChI=1S/C13H16N4O2S2/c1-8-14-15-11-7-16(10(13(18)19)6-17(8)11)5-9-3-4-12(20-2)21-9/h3-4,10H,5-7H2,1-2H3,(H,18,19). The molecule has 1 unspecified atom stereocenters. The molecule has 1 aliphatic heterocycles. The second kappa shape index (κ2) is 5.78. The van der Waals surface area contributed by atoms with Crippen LogP contribution in [0, 0.1) is 6.92 Å². The summed E-state index contributed by atoms with van der Waals surface area (Å²) in [5.41, 5.74) is 0. The van der Waals surface area contributed by atoms with E-state index in [0.717, 1.165) is 11.6 Å². The number of rotatable bonds is 4. The van der Waals surface area contributed by atoms with Crippen LogP contribution in [0.2, 0.25) is 0 Å². The number of aryl methyl sites for hydroxylation is 1. The third-order valence-corrected chi connectivity index (χ3v) is 5.79. The van der Waals surface area contributed by atoms with Gasteiger partial charge in [0.1, 0.15) is 17.7 Å². The van der Waals surface area contributed by atoms with Crippen LogP contribution >= 0.6 is 23.1 Å². The molecule has 1 N–H and O–H groups in total. The lowest BCUT2D eigenvalue weighted by Gasteiger charge is -2.33. The monoisotopic (exact) mass is 324 g/mol. The van der Waals surface area contributed by atoms with Crippen molar-refractivity contribution in [3.8, 4) is 0 Å². The maximum Gasteiger partial charge on any atom is 0.322 e. The van der Waals surface area contributed by atoms with Crippen LogP contribution in [0.1, 0.15) is 16.5 Å². The molecule has 0 saturated heterocycles. The maximum atomic E-state index is 11.6. The van der Waals surface area contributed by atoms with Gasteiger partial charge < -0.3 is 9.67 Å². The summed E-state index contributed by atoms with van der Waals surface area (Å²) < 4.78 is 3.14. The van der Waals surface area contributed by atoms with Crippen molar-refractivity contribution in [3.63, 3.8) is 0 Å². The largest absolute Gasteiger partial charge is 0.480 e. The highest BCUT2D eigenvalue weighted by molar-refractivity contribution is 8.00. The molecule has 0 aliphatic carbocycles. The molecule has 0 saturated carbocycles. The van der Waals surface area contributed by atoms with Gasteiger partial charge in [-0.2, -0.15) is 0 Å². The number of hydrogen-bond donors (Lipinski definition) is 1. The van der Waals surface area contributed by atoms with Gasteiger partial charge in [0.2, 0.25) is 0 Å². The van der Waals surface area contributed by atoms with Crippen LogP contribution < -0.4 is 0 Å². The van der Waals surface area contributed by atoms with Crippen LogP contribution in [0.4, 0.5) is 0 Å². The van der Waals surface area contributed by atoms with Crippen molar-refractivity contribution in [2.45, 2.75) is 36.8 Å². The predicted octanol–water partition coefficient (Wildman–Crippen LogP) is 1.84. The smallest absolute Gasteiger partial charge is 0.322 e. The van der Waals surface area contributed by atoms with E-state index in [9.17, 15) is 9.90 Å². The van der Waals surface area contributed by atoms with E-state index < -0.39 is 12.0 Å². The Bertz CT molecular complexity index is 667. The molecule has 0 amide bonds. The van der Waals surface area contributed by atoms with Crippen molar-refractivity contribution >= 4 is 29.1 Å². The van der Waals surface area contributed by atoms with Gasteiger partial charge >= 0.3 is 5.97 Å². The average Bonchev–Trinajstić information content (AvgIpc) is 3.05. The van der Waals surface area contributed by atoms with Gasteiger partial charge in [0.15, 0.2) is 0 Å². The minimum Gasteiger partial charge on any atom is -0.480 e. The predicted molar refractivity (Wildman–Crippen MR) is 81.5 cm³/mol. The van der Waals surface area contributed by atoms with Crippen LogP contribution in [-0.2, 0) is 24.4 Å². The summed E-state index contributed by atoms with van der Waals surface area (Å²) in [7, 11) is 0. The summed E-state index contributed by atoms with van der Waals surface area (Å²) in [5, 5.41) is 17.7. The summed E-state index contributed by atoms with van der Waals surface area (Å²) in [4.78, 5) is 14.7. The Balaban J connectivity index is 1.84. The molecule has 0 aromatic carbocycles. The molecule has 3 rings (SSSR count). The molecule has 21 heavy (non-hydrogen) atoms. The topological polar surface area (TPSA) is 71.2 Å². The number of carboxylic acids is 1. The Morgan fingerprint density at radius 3 is 3.00 bits per heavy atom. The van der Waals surface area contributed by atoms with E-state index in [0.29, 0.717) is 19.6 Å². The molecule has 2 aromatic rings. The van der Waals surface area contributed by atoms with Crippen LogP contribution in [0.3, 0.4) is 0 Å². The summed E-state index contributed by atoms with van der Waals surface area (Å²) in [6.45, 7) is 3.41. The SMILES string of the molecule is CSc1ccc(CN2Cc3nnc(C)n3CC2C(=O)O)s1. The highest BCUT2D eigenvalue weighted by Crippen LogP contribution is 2.28. The number of thiophene rings is 1. The van der Waals surface area contributed by atoms with Crippen molar-refractivity contribution in [1.29, 1.82) is 0 Å². The molecule has 0 fully saturated rings. The number of thioether (sulfide) groups is 1. The van der Waals surface area contributed by atoms with Gasteiger partial charge in [-0.25, -0.2) is 0 Å². The fourth-order valence-electron chi connectivity index (χ4n) is 2.51. The maximum absolute atomic E-state index is 11.6. The first-order valence-corrected chi connectivity index (χ1v) is 8.61. The third-order valence-electron chi connectivity index (χ3n) is 3.64. The lowest BCUT2D eigenvalue weighted by atomic mass is 10.2. The van der Waals surface area contributed by atoms with E-state index in [-0.39, 0.29) is 0 Å². The first kappa shape index (κ1) is 14.6. The molecule has 0 bridgehead atoms. The van der Waals surface area contributed by atoms with Gasteiger partial charge in [-0.15, -0.1) is 33.3 Å². The number of aliphatic carboxylic acids is 1. The minimum absolute atomic E-state index is 0.407. The van der Waals surface area contributed by atoms with Crippen LogP contribution in [-0.4, -0.2) is 43.0 Å². The van der Waals surface area contributed by atoms with E-state index in [1.165, 1.54) is 9.09 Å². The fourth-order valence-corrected chi connectivity index (χ4v) is 4.13. The van der Waals surface area contributed by atoms with E-state index in [1.807, 2.05) is 22.6 Å². The molecule has 3 heterocycles. The third kappa shape index (κ3) is 2.83. The van der Waals surface area contributed by atoms with Crippen LogP contribution in [0.25, 0.3) is 0 Å².